The Morgan fingerprint density at radius 2 is 2.20 bits per heavy atom. The average molecular weight is 277 g/mol. The molecule has 1 N–H and O–H groups in total. The van der Waals surface area contributed by atoms with Crippen molar-refractivity contribution in [3.63, 3.8) is 0 Å². The molecule has 5 heteroatoms. The van der Waals surface area contributed by atoms with Gasteiger partial charge >= 0.3 is 5.97 Å². The third-order valence-electron chi connectivity index (χ3n) is 3.53. The van der Waals surface area contributed by atoms with E-state index in [1.165, 1.54) is 6.07 Å². The number of carbonyl (C=O) groups is 2. The molecule has 0 aliphatic carbocycles. The molecule has 0 aromatic heterocycles. The maximum atomic E-state index is 11.9. The van der Waals surface area contributed by atoms with E-state index in [9.17, 15) is 9.59 Å². The quantitative estimate of drug-likeness (QED) is 0.894. The minimum absolute atomic E-state index is 0.0788. The van der Waals surface area contributed by atoms with Crippen LogP contribution >= 0.6 is 0 Å². The summed E-state index contributed by atoms with van der Waals surface area (Å²) in [5, 5.41) is 9.05. The van der Waals surface area contributed by atoms with Crippen LogP contribution in [-0.2, 0) is 4.79 Å². The number of rotatable bonds is 5. The fourth-order valence-corrected chi connectivity index (χ4v) is 2.39. The SMILES string of the molecule is CC1CCCN(CCOc2ccccc2C(=O)O)C1=O. The molecule has 0 spiro atoms. The third-order valence-corrected chi connectivity index (χ3v) is 3.53. The molecule has 1 aromatic carbocycles. The second kappa shape index (κ2) is 6.41. The van der Waals surface area contributed by atoms with Gasteiger partial charge in [0, 0.05) is 12.5 Å². The van der Waals surface area contributed by atoms with E-state index in [-0.39, 0.29) is 17.4 Å². The van der Waals surface area contributed by atoms with Crippen LogP contribution in [0.1, 0.15) is 30.1 Å². The number of para-hydroxylation sites is 1. The van der Waals surface area contributed by atoms with Gasteiger partial charge < -0.3 is 14.7 Å². The van der Waals surface area contributed by atoms with Gasteiger partial charge in [0.15, 0.2) is 0 Å². The molecule has 5 nitrogen and oxygen atoms in total. The van der Waals surface area contributed by atoms with E-state index in [1.807, 2.05) is 6.92 Å². The number of amides is 1. The van der Waals surface area contributed by atoms with Gasteiger partial charge in [-0.25, -0.2) is 4.79 Å². The van der Waals surface area contributed by atoms with Crippen LogP contribution in [-0.4, -0.2) is 41.6 Å². The molecule has 1 aromatic rings. The lowest BCUT2D eigenvalue weighted by Crippen LogP contribution is -2.42. The Bertz CT molecular complexity index is 500. The predicted octanol–water partition coefficient (Wildman–Crippen LogP) is 2.02. The summed E-state index contributed by atoms with van der Waals surface area (Å²) in [5.74, 6) is -0.429. The number of nitrogens with zero attached hydrogens (tertiary/aromatic N) is 1. The zero-order chi connectivity index (χ0) is 14.5. The first-order valence-corrected chi connectivity index (χ1v) is 6.83. The fraction of sp³-hybridized carbons (Fsp3) is 0.467. The number of carboxylic acids is 1. The summed E-state index contributed by atoms with van der Waals surface area (Å²) in [6.07, 6.45) is 1.96. The number of hydrogen-bond donors (Lipinski definition) is 1. The smallest absolute Gasteiger partial charge is 0.339 e. The van der Waals surface area contributed by atoms with E-state index < -0.39 is 5.97 Å². The number of likely N-dealkylation sites (tertiary alicyclic amines) is 1. The fourth-order valence-electron chi connectivity index (χ4n) is 2.39. The first kappa shape index (κ1) is 14.4. The van der Waals surface area contributed by atoms with Crippen LogP contribution in [0.5, 0.6) is 5.75 Å². The van der Waals surface area contributed by atoms with Crippen LogP contribution in [0, 0.1) is 5.92 Å². The number of benzene rings is 1. The molecule has 1 atom stereocenters. The molecule has 1 saturated heterocycles. The van der Waals surface area contributed by atoms with Crippen LogP contribution < -0.4 is 4.74 Å². The summed E-state index contributed by atoms with van der Waals surface area (Å²) in [6.45, 7) is 3.50. The van der Waals surface area contributed by atoms with Crippen molar-refractivity contribution in [1.29, 1.82) is 0 Å². The summed E-state index contributed by atoms with van der Waals surface area (Å²) in [5.41, 5.74) is 0.144. The second-order valence-corrected chi connectivity index (χ2v) is 5.02. The molecule has 1 aliphatic heterocycles. The lowest BCUT2D eigenvalue weighted by Gasteiger charge is -2.30. The van der Waals surface area contributed by atoms with Gasteiger partial charge in [0.25, 0.3) is 0 Å². The topological polar surface area (TPSA) is 66.8 Å². The first-order valence-electron chi connectivity index (χ1n) is 6.83. The standard InChI is InChI=1S/C15H19NO4/c1-11-5-4-8-16(14(11)17)9-10-20-13-7-3-2-6-12(13)15(18)19/h2-3,6-7,11H,4-5,8-10H2,1H3,(H,18,19). The summed E-state index contributed by atoms with van der Waals surface area (Å²) >= 11 is 0. The maximum absolute atomic E-state index is 11.9. The molecule has 108 valence electrons. The third kappa shape index (κ3) is 3.29. The molecule has 1 unspecified atom stereocenters. The minimum atomic E-state index is -1.01. The molecule has 2 rings (SSSR count). The van der Waals surface area contributed by atoms with Gasteiger partial charge in [-0.1, -0.05) is 19.1 Å². The van der Waals surface area contributed by atoms with Crippen molar-refractivity contribution in [2.24, 2.45) is 5.92 Å². The Balaban J connectivity index is 1.90. The number of carboxylic acid groups (broad SMARTS) is 1. The van der Waals surface area contributed by atoms with Gasteiger partial charge in [0.05, 0.1) is 6.54 Å². The molecule has 1 aliphatic rings. The Labute approximate surface area is 118 Å². The highest BCUT2D eigenvalue weighted by molar-refractivity contribution is 5.90. The summed E-state index contributed by atoms with van der Waals surface area (Å²) in [6, 6.07) is 6.53. The predicted molar refractivity (Wildman–Crippen MR) is 73.9 cm³/mol. The number of ether oxygens (including phenoxy) is 1. The maximum Gasteiger partial charge on any atom is 0.339 e. The van der Waals surface area contributed by atoms with Gasteiger partial charge in [-0.2, -0.15) is 0 Å². The Morgan fingerprint density at radius 3 is 2.95 bits per heavy atom. The van der Waals surface area contributed by atoms with Crippen molar-refractivity contribution in [3.05, 3.63) is 29.8 Å². The van der Waals surface area contributed by atoms with Crippen molar-refractivity contribution in [2.45, 2.75) is 19.8 Å². The number of hydrogen-bond acceptors (Lipinski definition) is 3. The normalized spacial score (nSPS) is 18.9. The van der Waals surface area contributed by atoms with E-state index in [1.54, 1.807) is 23.1 Å². The van der Waals surface area contributed by atoms with Crippen LogP contribution in [0.25, 0.3) is 0 Å². The highest BCUT2D eigenvalue weighted by Gasteiger charge is 2.24. The molecule has 0 bridgehead atoms. The summed E-state index contributed by atoms with van der Waals surface area (Å²) in [7, 11) is 0. The van der Waals surface area contributed by atoms with Crippen molar-refractivity contribution in [1.82, 2.24) is 4.90 Å². The first-order chi connectivity index (χ1) is 9.59. The van der Waals surface area contributed by atoms with Crippen LogP contribution in [0.4, 0.5) is 0 Å². The molecule has 1 amide bonds. The number of carbonyl (C=O) groups excluding carboxylic acids is 1. The number of aromatic carboxylic acids is 1. The van der Waals surface area contributed by atoms with Crippen molar-refractivity contribution in [3.8, 4) is 5.75 Å². The van der Waals surface area contributed by atoms with Crippen molar-refractivity contribution < 1.29 is 19.4 Å². The lowest BCUT2D eigenvalue weighted by molar-refractivity contribution is -0.138. The van der Waals surface area contributed by atoms with Gasteiger partial charge in [-0.3, -0.25) is 4.79 Å². The van der Waals surface area contributed by atoms with Crippen molar-refractivity contribution >= 4 is 11.9 Å². The minimum Gasteiger partial charge on any atom is -0.491 e. The summed E-state index contributed by atoms with van der Waals surface area (Å²) in [4.78, 5) is 24.7. The molecular weight excluding hydrogens is 258 g/mol. The molecule has 1 fully saturated rings. The van der Waals surface area contributed by atoms with Gasteiger partial charge in [-0.05, 0) is 25.0 Å². The molecular formula is C15H19NO4. The van der Waals surface area contributed by atoms with Crippen LogP contribution in [0.3, 0.4) is 0 Å². The summed E-state index contributed by atoms with van der Waals surface area (Å²) < 4.78 is 5.51. The van der Waals surface area contributed by atoms with E-state index in [0.29, 0.717) is 18.9 Å². The van der Waals surface area contributed by atoms with Crippen molar-refractivity contribution in [2.75, 3.05) is 19.7 Å². The van der Waals surface area contributed by atoms with E-state index in [2.05, 4.69) is 0 Å². The van der Waals surface area contributed by atoms with E-state index >= 15 is 0 Å². The number of piperidine rings is 1. The van der Waals surface area contributed by atoms with Gasteiger partial charge in [0.2, 0.25) is 5.91 Å². The Kier molecular flexibility index (Phi) is 4.61. The van der Waals surface area contributed by atoms with Gasteiger partial charge in [0.1, 0.15) is 17.9 Å². The second-order valence-electron chi connectivity index (χ2n) is 5.02. The molecule has 1 heterocycles. The Morgan fingerprint density at radius 1 is 1.45 bits per heavy atom. The largest absolute Gasteiger partial charge is 0.491 e. The van der Waals surface area contributed by atoms with Crippen LogP contribution in [0.2, 0.25) is 0 Å². The molecule has 20 heavy (non-hydrogen) atoms. The highest BCUT2D eigenvalue weighted by atomic mass is 16.5. The zero-order valence-corrected chi connectivity index (χ0v) is 11.5. The molecule has 0 saturated carbocycles. The average Bonchev–Trinajstić information content (AvgIpc) is 2.44. The van der Waals surface area contributed by atoms with Gasteiger partial charge in [-0.15, -0.1) is 0 Å². The highest BCUT2D eigenvalue weighted by Crippen LogP contribution is 2.19. The molecule has 0 radical (unpaired) electrons. The lowest BCUT2D eigenvalue weighted by atomic mass is 9.99. The van der Waals surface area contributed by atoms with Crippen LogP contribution in [0.15, 0.2) is 24.3 Å². The Hall–Kier alpha value is -2.04. The monoisotopic (exact) mass is 277 g/mol. The van der Waals surface area contributed by atoms with E-state index in [0.717, 1.165) is 19.4 Å². The zero-order valence-electron chi connectivity index (χ0n) is 11.5. The van der Waals surface area contributed by atoms with E-state index in [4.69, 9.17) is 9.84 Å².